The summed E-state index contributed by atoms with van der Waals surface area (Å²) >= 11 is 6.20. The average molecular weight is 800 g/mol. The van der Waals surface area contributed by atoms with Crippen molar-refractivity contribution in [3.8, 4) is 0 Å². The van der Waals surface area contributed by atoms with Crippen LogP contribution in [0.5, 0.6) is 0 Å². The van der Waals surface area contributed by atoms with Crippen molar-refractivity contribution in [2.75, 3.05) is 9.80 Å². The van der Waals surface area contributed by atoms with Gasteiger partial charge in [0.1, 0.15) is 0 Å². The first-order valence-electron chi connectivity index (χ1n) is 18.6. The van der Waals surface area contributed by atoms with E-state index in [-0.39, 0.29) is 0 Å². The van der Waals surface area contributed by atoms with E-state index < -0.39 is 0 Å². The lowest BCUT2D eigenvalue weighted by molar-refractivity contribution is 1.26. The van der Waals surface area contributed by atoms with Gasteiger partial charge in [0.25, 0.3) is 0 Å². The molecule has 0 radical (unpaired) electrons. The second-order valence-corrected chi connectivity index (χ2v) is 16.0. The number of benzene rings is 8. The van der Waals surface area contributed by atoms with Crippen LogP contribution in [0.2, 0.25) is 0 Å². The SMILES string of the molecule is Brc1c(N(c2ccc3cnccc3c2)c2ccc3cnccc3c2)cc2sc3ccccc3c2c1N(c1ccc2ccccc2c1)c1ccc2ccccc2c1. The Bertz CT molecular complexity index is 3160. The summed E-state index contributed by atoms with van der Waals surface area (Å²) in [5.41, 5.74) is 6.38. The van der Waals surface area contributed by atoms with Gasteiger partial charge in [0, 0.05) is 78.5 Å². The fraction of sp³-hybridized carbons (Fsp3) is 0. The Morgan fingerprint density at radius 1 is 0.411 bits per heavy atom. The molecule has 0 atom stereocenters. The van der Waals surface area contributed by atoms with E-state index >= 15 is 0 Å². The lowest BCUT2D eigenvalue weighted by Gasteiger charge is -2.32. The van der Waals surface area contributed by atoms with Gasteiger partial charge in [-0.25, -0.2) is 0 Å². The number of nitrogens with zero attached hydrogens (tertiary/aromatic N) is 4. The van der Waals surface area contributed by atoms with Gasteiger partial charge in [0.05, 0.1) is 15.8 Å². The van der Waals surface area contributed by atoms with E-state index in [1.807, 2.05) is 36.1 Å². The molecule has 0 aliphatic heterocycles. The largest absolute Gasteiger partial charge is 0.309 e. The van der Waals surface area contributed by atoms with Crippen molar-refractivity contribution < 1.29 is 0 Å². The highest BCUT2D eigenvalue weighted by atomic mass is 79.9. The van der Waals surface area contributed by atoms with E-state index in [1.54, 1.807) is 0 Å². The lowest BCUT2D eigenvalue weighted by atomic mass is 10.0. The molecule has 0 saturated carbocycles. The van der Waals surface area contributed by atoms with Crippen LogP contribution in [0.3, 0.4) is 0 Å². The van der Waals surface area contributed by atoms with E-state index in [4.69, 9.17) is 0 Å². The number of hydrogen-bond acceptors (Lipinski definition) is 5. The molecule has 0 spiro atoms. The Balaban J connectivity index is 1.26. The number of fused-ring (bicyclic) bond motifs is 7. The van der Waals surface area contributed by atoms with Crippen LogP contribution in [0.4, 0.5) is 34.1 Å². The summed E-state index contributed by atoms with van der Waals surface area (Å²) in [6.07, 6.45) is 7.58. The van der Waals surface area contributed by atoms with Crippen LogP contribution in [0, 0.1) is 0 Å². The molecule has 0 bridgehead atoms. The molecule has 4 nitrogen and oxygen atoms in total. The summed E-state index contributed by atoms with van der Waals surface area (Å²) in [7, 11) is 0. The summed E-state index contributed by atoms with van der Waals surface area (Å²) in [5, 5.41) is 11.7. The zero-order valence-electron chi connectivity index (χ0n) is 30.0. The third-order valence-electron chi connectivity index (χ3n) is 10.8. The molecular formula is C50H31BrN4S. The fourth-order valence-electron chi connectivity index (χ4n) is 8.09. The minimum Gasteiger partial charge on any atom is -0.309 e. The molecule has 0 amide bonds. The Morgan fingerprint density at radius 2 is 0.875 bits per heavy atom. The van der Waals surface area contributed by atoms with Crippen LogP contribution in [0.25, 0.3) is 63.3 Å². The maximum Gasteiger partial charge on any atom is 0.0718 e. The van der Waals surface area contributed by atoms with Gasteiger partial charge in [-0.1, -0.05) is 91.0 Å². The van der Waals surface area contributed by atoms with Gasteiger partial charge >= 0.3 is 0 Å². The van der Waals surface area contributed by atoms with Crippen molar-refractivity contribution in [2.45, 2.75) is 0 Å². The second kappa shape index (κ2) is 13.3. The number of thiophene rings is 1. The number of aromatic nitrogens is 2. The molecule has 56 heavy (non-hydrogen) atoms. The first kappa shape index (κ1) is 32.8. The van der Waals surface area contributed by atoms with Gasteiger partial charge in [-0.2, -0.15) is 0 Å². The van der Waals surface area contributed by atoms with Gasteiger partial charge in [-0.3, -0.25) is 9.97 Å². The molecule has 0 aliphatic rings. The highest BCUT2D eigenvalue weighted by molar-refractivity contribution is 9.10. The molecule has 6 heteroatoms. The quantitative estimate of drug-likeness (QED) is 0.168. The van der Waals surface area contributed by atoms with E-state index in [9.17, 15) is 0 Å². The van der Waals surface area contributed by atoms with Gasteiger partial charge in [0.2, 0.25) is 0 Å². The van der Waals surface area contributed by atoms with E-state index in [2.05, 4.69) is 199 Å². The first-order chi connectivity index (χ1) is 27.7. The molecule has 0 saturated heterocycles. The Kier molecular flexibility index (Phi) is 7.79. The number of rotatable bonds is 6. The summed E-state index contributed by atoms with van der Waals surface area (Å²) in [5.74, 6) is 0. The summed E-state index contributed by atoms with van der Waals surface area (Å²) in [4.78, 5) is 13.6. The number of anilines is 6. The van der Waals surface area contributed by atoms with Gasteiger partial charge < -0.3 is 9.80 Å². The van der Waals surface area contributed by atoms with Gasteiger partial charge in [-0.05, 0) is 121 Å². The van der Waals surface area contributed by atoms with Crippen LogP contribution in [-0.2, 0) is 0 Å². The summed E-state index contributed by atoms with van der Waals surface area (Å²) < 4.78 is 3.43. The van der Waals surface area contributed by atoms with Crippen LogP contribution < -0.4 is 9.80 Å². The third kappa shape index (κ3) is 5.49. The number of hydrogen-bond donors (Lipinski definition) is 0. The monoisotopic (exact) mass is 798 g/mol. The van der Waals surface area contributed by atoms with Crippen LogP contribution >= 0.6 is 27.3 Å². The Morgan fingerprint density at radius 3 is 1.45 bits per heavy atom. The van der Waals surface area contributed by atoms with Crippen molar-refractivity contribution in [1.82, 2.24) is 9.97 Å². The standard InChI is InChI=1S/C50H31BrN4S/c51-49-45(54(40-19-15-38-30-52-23-21-36(38)27-40)41-20-16-39-31-53-24-22-37(39)28-41)29-47-48(44-11-5-6-12-46(44)56-47)50(49)55(42-17-13-32-7-1-3-9-34(32)25-42)43-18-14-33-8-2-4-10-35(33)26-43/h1-31H. The van der Waals surface area contributed by atoms with Crippen molar-refractivity contribution in [3.63, 3.8) is 0 Å². The molecule has 0 fully saturated rings. The molecule has 0 unspecified atom stereocenters. The summed E-state index contributed by atoms with van der Waals surface area (Å²) in [6, 6.07) is 59.4. The fourth-order valence-corrected chi connectivity index (χ4v) is 9.90. The average Bonchev–Trinajstić information content (AvgIpc) is 3.63. The molecule has 0 aliphatic carbocycles. The van der Waals surface area contributed by atoms with Crippen molar-refractivity contribution in [3.05, 3.63) is 193 Å². The molecule has 264 valence electrons. The van der Waals surface area contributed by atoms with Crippen molar-refractivity contribution in [1.29, 1.82) is 0 Å². The molecule has 11 aromatic rings. The predicted molar refractivity (Wildman–Crippen MR) is 242 cm³/mol. The highest BCUT2D eigenvalue weighted by Gasteiger charge is 2.27. The molecule has 3 aromatic heterocycles. The molecule has 8 aromatic carbocycles. The number of halogens is 1. The molecule has 0 N–H and O–H groups in total. The zero-order valence-corrected chi connectivity index (χ0v) is 32.4. The highest BCUT2D eigenvalue weighted by Crippen LogP contribution is 2.54. The minimum absolute atomic E-state index is 0.986. The lowest BCUT2D eigenvalue weighted by Crippen LogP contribution is -2.15. The molecule has 11 rings (SSSR count). The van der Waals surface area contributed by atoms with E-state index in [1.165, 1.54) is 41.7 Å². The van der Waals surface area contributed by atoms with E-state index in [0.29, 0.717) is 0 Å². The first-order valence-corrected chi connectivity index (χ1v) is 20.2. The van der Waals surface area contributed by atoms with Gasteiger partial charge in [0.15, 0.2) is 0 Å². The maximum absolute atomic E-state index is 4.40. The van der Waals surface area contributed by atoms with Crippen LogP contribution in [0.15, 0.2) is 193 Å². The van der Waals surface area contributed by atoms with Gasteiger partial charge in [-0.15, -0.1) is 11.3 Å². The third-order valence-corrected chi connectivity index (χ3v) is 12.7. The van der Waals surface area contributed by atoms with Crippen LogP contribution in [0.1, 0.15) is 0 Å². The Labute approximate surface area is 335 Å². The molecular weight excluding hydrogens is 769 g/mol. The molecule has 3 heterocycles. The minimum atomic E-state index is 0.986. The zero-order chi connectivity index (χ0) is 37.2. The summed E-state index contributed by atoms with van der Waals surface area (Å²) in [6.45, 7) is 0. The predicted octanol–water partition coefficient (Wildman–Crippen LogP) is 15.2. The topological polar surface area (TPSA) is 32.3 Å². The Hall–Kier alpha value is -6.60. The van der Waals surface area contributed by atoms with E-state index in [0.717, 1.165) is 60.1 Å². The van der Waals surface area contributed by atoms with Crippen molar-refractivity contribution >= 4 is 125 Å². The van der Waals surface area contributed by atoms with Crippen LogP contribution in [-0.4, -0.2) is 9.97 Å². The maximum atomic E-state index is 4.40. The smallest absolute Gasteiger partial charge is 0.0718 e. The number of pyridine rings is 2. The van der Waals surface area contributed by atoms with Crippen molar-refractivity contribution in [2.24, 2.45) is 0 Å². The normalized spacial score (nSPS) is 11.7. The second-order valence-electron chi connectivity index (χ2n) is 14.1.